The van der Waals surface area contributed by atoms with E-state index in [9.17, 15) is 9.59 Å². The molecule has 0 bridgehead atoms. The van der Waals surface area contributed by atoms with Crippen LogP contribution in [-0.4, -0.2) is 82.8 Å². The molecule has 0 radical (unpaired) electrons. The van der Waals surface area contributed by atoms with Gasteiger partial charge in [0, 0.05) is 57.5 Å². The summed E-state index contributed by atoms with van der Waals surface area (Å²) in [6.07, 6.45) is 4.40. The molecule has 1 atom stereocenters. The Kier molecular flexibility index (Phi) is 5.29. The predicted molar refractivity (Wildman–Crippen MR) is 101 cm³/mol. The maximum atomic E-state index is 13.0. The highest BCUT2D eigenvalue weighted by Crippen LogP contribution is 2.40. The van der Waals surface area contributed by atoms with E-state index in [4.69, 9.17) is 9.47 Å². The fourth-order valence-electron chi connectivity index (χ4n) is 4.26. The number of imidazole rings is 1. The minimum atomic E-state index is -0.622. The summed E-state index contributed by atoms with van der Waals surface area (Å²) in [4.78, 5) is 33.6. The van der Waals surface area contributed by atoms with Gasteiger partial charge >= 0.3 is 6.03 Å². The maximum Gasteiger partial charge on any atom is 0.317 e. The van der Waals surface area contributed by atoms with Gasteiger partial charge in [0.05, 0.1) is 19.8 Å². The first-order valence-corrected chi connectivity index (χ1v) is 10.1. The molecule has 2 saturated heterocycles. The zero-order valence-electron chi connectivity index (χ0n) is 16.6. The van der Waals surface area contributed by atoms with Gasteiger partial charge in [0.2, 0.25) is 0 Å². The Morgan fingerprint density at radius 1 is 1.18 bits per heavy atom. The Labute approximate surface area is 165 Å². The molecule has 1 N–H and O–H groups in total. The first kappa shape index (κ1) is 19.2. The molecule has 0 saturated carbocycles. The fourth-order valence-corrected chi connectivity index (χ4v) is 4.26. The summed E-state index contributed by atoms with van der Waals surface area (Å²) < 4.78 is 13.8. The van der Waals surface area contributed by atoms with Crippen LogP contribution in [0.4, 0.5) is 4.79 Å². The molecule has 1 aromatic rings. The normalized spacial score (nSPS) is 24.3. The number of nitrogens with one attached hydrogen (secondary N) is 1. The minimum Gasteiger partial charge on any atom is -0.378 e. The van der Waals surface area contributed by atoms with E-state index in [2.05, 4.69) is 10.3 Å². The third-order valence-corrected chi connectivity index (χ3v) is 5.72. The third kappa shape index (κ3) is 3.60. The zero-order valence-corrected chi connectivity index (χ0v) is 16.6. The standard InChI is InChI=1S/C19H29N5O4/c1-14(2)21-18(26)23-6-3-19(4-7-23)17-20-5-8-24(17)13-15(28-19)16(25)22-9-11-27-12-10-22/h5,8,14-15H,3-4,6-7,9-13H2,1-2H3,(H,21,26). The molecule has 4 heterocycles. The van der Waals surface area contributed by atoms with E-state index in [1.807, 2.05) is 34.4 Å². The van der Waals surface area contributed by atoms with Crippen molar-refractivity contribution in [2.24, 2.45) is 0 Å². The highest BCUT2D eigenvalue weighted by atomic mass is 16.5. The number of urea groups is 1. The van der Waals surface area contributed by atoms with E-state index in [1.54, 1.807) is 6.20 Å². The summed E-state index contributed by atoms with van der Waals surface area (Å²) >= 11 is 0. The van der Waals surface area contributed by atoms with Gasteiger partial charge in [-0.1, -0.05) is 0 Å². The van der Waals surface area contributed by atoms with Crippen LogP contribution >= 0.6 is 0 Å². The second-order valence-electron chi connectivity index (χ2n) is 8.03. The number of likely N-dealkylation sites (tertiary alicyclic amines) is 1. The van der Waals surface area contributed by atoms with Crippen LogP contribution in [0.3, 0.4) is 0 Å². The summed E-state index contributed by atoms with van der Waals surface area (Å²) in [5.41, 5.74) is -0.622. The number of rotatable bonds is 2. The lowest BCUT2D eigenvalue weighted by molar-refractivity contribution is -0.182. The van der Waals surface area contributed by atoms with Crippen LogP contribution < -0.4 is 5.32 Å². The van der Waals surface area contributed by atoms with Crippen molar-refractivity contribution in [3.05, 3.63) is 18.2 Å². The quantitative estimate of drug-likeness (QED) is 0.795. The predicted octanol–water partition coefficient (Wildman–Crippen LogP) is 0.550. The van der Waals surface area contributed by atoms with Crippen LogP contribution in [0.5, 0.6) is 0 Å². The summed E-state index contributed by atoms with van der Waals surface area (Å²) in [6, 6.07) is 0.0497. The van der Waals surface area contributed by atoms with E-state index in [1.165, 1.54) is 0 Å². The van der Waals surface area contributed by atoms with Crippen molar-refractivity contribution < 1.29 is 19.1 Å². The van der Waals surface area contributed by atoms with Crippen molar-refractivity contribution in [2.45, 2.75) is 51.0 Å². The van der Waals surface area contributed by atoms with Gasteiger partial charge in [0.1, 0.15) is 11.4 Å². The second-order valence-corrected chi connectivity index (χ2v) is 8.03. The van der Waals surface area contributed by atoms with Crippen LogP contribution in [0.25, 0.3) is 0 Å². The topological polar surface area (TPSA) is 88.9 Å². The molecule has 0 aromatic carbocycles. The van der Waals surface area contributed by atoms with Gasteiger partial charge in [0.15, 0.2) is 6.10 Å². The second kappa shape index (κ2) is 7.71. The Balaban J connectivity index is 1.49. The lowest BCUT2D eigenvalue weighted by atomic mass is 9.88. The van der Waals surface area contributed by atoms with E-state index in [-0.39, 0.29) is 18.0 Å². The first-order chi connectivity index (χ1) is 13.5. The molecule has 154 valence electrons. The van der Waals surface area contributed by atoms with Crippen molar-refractivity contribution in [3.63, 3.8) is 0 Å². The first-order valence-electron chi connectivity index (χ1n) is 10.1. The average Bonchev–Trinajstić information content (AvgIpc) is 3.18. The fraction of sp³-hybridized carbons (Fsp3) is 0.737. The van der Waals surface area contributed by atoms with E-state index >= 15 is 0 Å². The number of fused-ring (bicyclic) bond motifs is 2. The smallest absolute Gasteiger partial charge is 0.317 e. The minimum absolute atomic E-state index is 0.0157. The molecule has 1 aromatic heterocycles. The van der Waals surface area contributed by atoms with Gasteiger partial charge in [-0.2, -0.15) is 0 Å². The van der Waals surface area contributed by atoms with Crippen LogP contribution in [0.15, 0.2) is 12.4 Å². The van der Waals surface area contributed by atoms with E-state index in [0.29, 0.717) is 58.8 Å². The van der Waals surface area contributed by atoms with Crippen LogP contribution in [-0.2, 0) is 26.4 Å². The monoisotopic (exact) mass is 391 g/mol. The van der Waals surface area contributed by atoms with Gasteiger partial charge in [-0.15, -0.1) is 0 Å². The Bertz CT molecular complexity index is 720. The number of hydrogen-bond acceptors (Lipinski definition) is 5. The molecule has 1 spiro atoms. The molecule has 4 rings (SSSR count). The van der Waals surface area contributed by atoms with Crippen molar-refractivity contribution >= 4 is 11.9 Å². The average molecular weight is 391 g/mol. The molecule has 9 nitrogen and oxygen atoms in total. The van der Waals surface area contributed by atoms with Crippen molar-refractivity contribution in [2.75, 3.05) is 39.4 Å². The van der Waals surface area contributed by atoms with Crippen molar-refractivity contribution in [3.8, 4) is 0 Å². The van der Waals surface area contributed by atoms with E-state index < -0.39 is 11.7 Å². The third-order valence-electron chi connectivity index (χ3n) is 5.72. The summed E-state index contributed by atoms with van der Waals surface area (Å²) in [6.45, 7) is 7.87. The SMILES string of the molecule is CC(C)NC(=O)N1CCC2(CC1)OC(C(=O)N1CCOCC1)Cn1ccnc12. The Hall–Kier alpha value is -2.13. The van der Waals surface area contributed by atoms with Crippen LogP contribution in [0.2, 0.25) is 0 Å². The molecular formula is C19H29N5O4. The molecule has 3 aliphatic heterocycles. The largest absolute Gasteiger partial charge is 0.378 e. The lowest BCUT2D eigenvalue weighted by Gasteiger charge is -2.46. The number of aromatic nitrogens is 2. The van der Waals surface area contributed by atoms with Crippen LogP contribution in [0.1, 0.15) is 32.5 Å². The highest BCUT2D eigenvalue weighted by Gasteiger charge is 2.48. The van der Waals surface area contributed by atoms with Crippen LogP contribution in [0, 0.1) is 0 Å². The Morgan fingerprint density at radius 2 is 1.89 bits per heavy atom. The molecule has 0 aliphatic carbocycles. The van der Waals surface area contributed by atoms with Gasteiger partial charge in [-0.05, 0) is 13.8 Å². The van der Waals surface area contributed by atoms with Gasteiger partial charge < -0.3 is 29.2 Å². The van der Waals surface area contributed by atoms with Crippen molar-refractivity contribution in [1.82, 2.24) is 24.7 Å². The summed E-state index contributed by atoms with van der Waals surface area (Å²) in [7, 11) is 0. The van der Waals surface area contributed by atoms with E-state index in [0.717, 1.165) is 5.82 Å². The Morgan fingerprint density at radius 3 is 2.57 bits per heavy atom. The number of carbonyl (C=O) groups excluding carboxylic acids is 2. The lowest BCUT2D eigenvalue weighted by Crippen LogP contribution is -2.57. The van der Waals surface area contributed by atoms with Crippen molar-refractivity contribution in [1.29, 1.82) is 0 Å². The molecule has 1 unspecified atom stereocenters. The number of carbonyl (C=O) groups is 2. The zero-order chi connectivity index (χ0) is 19.7. The summed E-state index contributed by atoms with van der Waals surface area (Å²) in [5.74, 6) is 0.879. The molecule has 28 heavy (non-hydrogen) atoms. The molecule has 3 aliphatic rings. The number of morpholine rings is 1. The van der Waals surface area contributed by atoms with Gasteiger partial charge in [0.25, 0.3) is 5.91 Å². The van der Waals surface area contributed by atoms with Gasteiger partial charge in [-0.3, -0.25) is 4.79 Å². The summed E-state index contributed by atoms with van der Waals surface area (Å²) in [5, 5.41) is 2.94. The highest BCUT2D eigenvalue weighted by molar-refractivity contribution is 5.81. The number of hydrogen-bond donors (Lipinski definition) is 1. The number of ether oxygens (including phenoxy) is 2. The number of amides is 3. The molecule has 9 heteroatoms. The number of piperidine rings is 1. The molecule has 3 amide bonds. The maximum absolute atomic E-state index is 13.0. The molecular weight excluding hydrogens is 362 g/mol. The number of nitrogens with zero attached hydrogens (tertiary/aromatic N) is 4. The van der Waals surface area contributed by atoms with Gasteiger partial charge in [-0.25, -0.2) is 9.78 Å². The molecule has 2 fully saturated rings.